The molecule has 32 heavy (non-hydrogen) atoms. The molecule has 0 atom stereocenters. The van der Waals surface area contributed by atoms with Crippen LogP contribution >= 0.6 is 0 Å². The summed E-state index contributed by atoms with van der Waals surface area (Å²) in [6, 6.07) is 24.1. The molecule has 1 amide bonds. The molecule has 0 aliphatic rings. The van der Waals surface area contributed by atoms with Crippen molar-refractivity contribution in [2.24, 2.45) is 0 Å². The number of rotatable bonds is 8. The average Bonchev–Trinajstić information content (AvgIpc) is 2.83. The molecule has 0 unspecified atom stereocenters. The lowest BCUT2D eigenvalue weighted by molar-refractivity contribution is 0.0947. The third kappa shape index (κ3) is 4.86. The normalized spacial score (nSPS) is 10.8. The van der Waals surface area contributed by atoms with Crippen molar-refractivity contribution in [2.75, 3.05) is 13.2 Å². The monoisotopic (exact) mass is 427 g/mol. The maximum absolute atomic E-state index is 12.9. The Balaban J connectivity index is 1.42. The molecule has 0 spiro atoms. The van der Waals surface area contributed by atoms with E-state index in [1.165, 1.54) is 10.2 Å². The minimum atomic E-state index is -0.301. The number of nitrogens with one attached hydrogen (secondary N) is 1. The lowest BCUT2D eigenvalue weighted by Gasteiger charge is -2.11. The van der Waals surface area contributed by atoms with E-state index in [9.17, 15) is 9.59 Å². The number of aryl methyl sites for hydroxylation is 1. The third-order valence-electron chi connectivity index (χ3n) is 5.17. The molecular formula is C26H25N3O3. The van der Waals surface area contributed by atoms with Gasteiger partial charge in [0.1, 0.15) is 5.75 Å². The summed E-state index contributed by atoms with van der Waals surface area (Å²) in [5.74, 6) is 0.545. The molecule has 0 fully saturated rings. The van der Waals surface area contributed by atoms with Gasteiger partial charge < -0.3 is 10.1 Å². The summed E-state index contributed by atoms with van der Waals surface area (Å²) in [7, 11) is 0. The SMILES string of the molecule is Cc1ccc(OCCCCNC(=O)c2nn(-c3ccccc3)c(=O)c3ccccc23)cc1. The minimum absolute atomic E-state index is 0.236. The van der Waals surface area contributed by atoms with Crippen molar-refractivity contribution in [2.45, 2.75) is 19.8 Å². The van der Waals surface area contributed by atoms with Crippen LogP contribution in [0.25, 0.3) is 16.5 Å². The molecule has 6 heteroatoms. The van der Waals surface area contributed by atoms with Gasteiger partial charge in [0.25, 0.3) is 11.5 Å². The molecule has 1 heterocycles. The Hall–Kier alpha value is -3.93. The van der Waals surface area contributed by atoms with Crippen LogP contribution < -0.4 is 15.6 Å². The maximum atomic E-state index is 12.9. The van der Waals surface area contributed by atoms with E-state index in [1.54, 1.807) is 36.4 Å². The van der Waals surface area contributed by atoms with Gasteiger partial charge in [0.15, 0.2) is 5.69 Å². The topological polar surface area (TPSA) is 73.2 Å². The van der Waals surface area contributed by atoms with Crippen LogP contribution in [0.1, 0.15) is 28.9 Å². The molecule has 0 saturated heterocycles. The Morgan fingerprint density at radius 2 is 1.59 bits per heavy atom. The number of carbonyl (C=O) groups is 1. The molecule has 0 radical (unpaired) electrons. The first-order chi connectivity index (χ1) is 15.6. The molecule has 0 saturated carbocycles. The van der Waals surface area contributed by atoms with Gasteiger partial charge >= 0.3 is 0 Å². The predicted molar refractivity (Wildman–Crippen MR) is 126 cm³/mol. The highest BCUT2D eigenvalue weighted by atomic mass is 16.5. The molecule has 1 N–H and O–H groups in total. The summed E-state index contributed by atoms with van der Waals surface area (Å²) < 4.78 is 7.01. The first kappa shape index (κ1) is 21.3. The number of hydrogen-bond donors (Lipinski definition) is 1. The van der Waals surface area contributed by atoms with Crippen LogP contribution in [0.15, 0.2) is 83.7 Å². The third-order valence-corrected chi connectivity index (χ3v) is 5.17. The zero-order valence-corrected chi connectivity index (χ0v) is 18.0. The summed E-state index contributed by atoms with van der Waals surface area (Å²) in [5.41, 5.74) is 1.79. The van der Waals surface area contributed by atoms with Crippen molar-refractivity contribution in [3.05, 3.63) is 100 Å². The van der Waals surface area contributed by atoms with Crippen molar-refractivity contribution < 1.29 is 9.53 Å². The van der Waals surface area contributed by atoms with Crippen LogP contribution in [0.2, 0.25) is 0 Å². The van der Waals surface area contributed by atoms with Gasteiger partial charge in [0.2, 0.25) is 0 Å². The van der Waals surface area contributed by atoms with E-state index in [4.69, 9.17) is 4.74 Å². The second kappa shape index (κ2) is 9.92. The van der Waals surface area contributed by atoms with Gasteiger partial charge in [-0.15, -0.1) is 0 Å². The summed E-state index contributed by atoms with van der Waals surface area (Å²) >= 11 is 0. The second-order valence-corrected chi connectivity index (χ2v) is 7.57. The van der Waals surface area contributed by atoms with Gasteiger partial charge in [0, 0.05) is 11.9 Å². The average molecular weight is 428 g/mol. The number of hydrogen-bond acceptors (Lipinski definition) is 4. The quantitative estimate of drug-likeness (QED) is 0.426. The predicted octanol–water partition coefficient (Wildman–Crippen LogP) is 4.28. The highest BCUT2D eigenvalue weighted by Gasteiger charge is 2.17. The summed E-state index contributed by atoms with van der Waals surface area (Å²) in [5, 5.41) is 8.33. The number of nitrogens with zero attached hydrogens (tertiary/aromatic N) is 2. The van der Waals surface area contributed by atoms with Gasteiger partial charge in [-0.1, -0.05) is 54.1 Å². The number of benzene rings is 3. The molecule has 1 aromatic heterocycles. The Bertz CT molecular complexity index is 1270. The zero-order valence-electron chi connectivity index (χ0n) is 18.0. The second-order valence-electron chi connectivity index (χ2n) is 7.57. The van der Waals surface area contributed by atoms with Gasteiger partial charge in [-0.25, -0.2) is 0 Å². The largest absolute Gasteiger partial charge is 0.494 e. The van der Waals surface area contributed by atoms with Crippen molar-refractivity contribution in [3.63, 3.8) is 0 Å². The number of para-hydroxylation sites is 1. The van der Waals surface area contributed by atoms with Crippen molar-refractivity contribution in [1.82, 2.24) is 15.1 Å². The Morgan fingerprint density at radius 1 is 0.906 bits per heavy atom. The van der Waals surface area contributed by atoms with Gasteiger partial charge in [-0.3, -0.25) is 9.59 Å². The highest BCUT2D eigenvalue weighted by Crippen LogP contribution is 2.15. The van der Waals surface area contributed by atoms with E-state index in [2.05, 4.69) is 10.4 Å². The lowest BCUT2D eigenvalue weighted by atomic mass is 10.1. The number of carbonyl (C=O) groups excluding carboxylic acids is 1. The fourth-order valence-electron chi connectivity index (χ4n) is 3.44. The van der Waals surface area contributed by atoms with E-state index < -0.39 is 0 Å². The van der Waals surface area contributed by atoms with Crippen LogP contribution in [0.5, 0.6) is 5.75 Å². The zero-order chi connectivity index (χ0) is 22.3. The molecule has 6 nitrogen and oxygen atoms in total. The van der Waals surface area contributed by atoms with Crippen LogP contribution in [-0.2, 0) is 0 Å². The maximum Gasteiger partial charge on any atom is 0.279 e. The molecule has 4 aromatic rings. The Kier molecular flexibility index (Phi) is 6.60. The van der Waals surface area contributed by atoms with Crippen molar-refractivity contribution in [3.8, 4) is 11.4 Å². The highest BCUT2D eigenvalue weighted by molar-refractivity contribution is 6.04. The van der Waals surface area contributed by atoms with Crippen molar-refractivity contribution in [1.29, 1.82) is 0 Å². The smallest absolute Gasteiger partial charge is 0.279 e. The number of aromatic nitrogens is 2. The summed E-state index contributed by atoms with van der Waals surface area (Å²) in [6.07, 6.45) is 1.58. The van der Waals surface area contributed by atoms with E-state index in [-0.39, 0.29) is 17.2 Å². The van der Waals surface area contributed by atoms with Crippen LogP contribution in [0.4, 0.5) is 0 Å². The van der Waals surface area contributed by atoms with Gasteiger partial charge in [0.05, 0.1) is 17.7 Å². The standard InChI is InChI=1S/C26H25N3O3/c1-19-13-15-21(16-14-19)32-18-8-7-17-27-25(30)24-22-11-5-6-12-23(22)26(31)29(28-24)20-9-3-2-4-10-20/h2-6,9-16H,7-8,17-18H2,1H3,(H,27,30). The minimum Gasteiger partial charge on any atom is -0.494 e. The Labute approximate surface area is 186 Å². The molecule has 0 aliphatic heterocycles. The molecule has 162 valence electrons. The number of ether oxygens (including phenoxy) is 1. The Morgan fingerprint density at radius 3 is 2.34 bits per heavy atom. The summed E-state index contributed by atoms with van der Waals surface area (Å²) in [4.78, 5) is 25.8. The fourth-order valence-corrected chi connectivity index (χ4v) is 3.44. The number of amides is 1. The van der Waals surface area contributed by atoms with E-state index in [0.29, 0.717) is 29.6 Å². The molecule has 3 aromatic carbocycles. The molecule has 0 bridgehead atoms. The number of fused-ring (bicyclic) bond motifs is 1. The van der Waals surface area contributed by atoms with E-state index in [1.807, 2.05) is 49.4 Å². The molecular weight excluding hydrogens is 402 g/mol. The van der Waals surface area contributed by atoms with Crippen LogP contribution in [-0.4, -0.2) is 28.8 Å². The van der Waals surface area contributed by atoms with Gasteiger partial charge in [-0.05, 0) is 50.1 Å². The lowest BCUT2D eigenvalue weighted by Crippen LogP contribution is -2.30. The summed E-state index contributed by atoms with van der Waals surface area (Å²) in [6.45, 7) is 3.12. The number of unbranched alkanes of at least 4 members (excludes halogenated alkanes) is 1. The first-order valence-corrected chi connectivity index (χ1v) is 10.7. The van der Waals surface area contributed by atoms with Crippen LogP contribution in [0, 0.1) is 6.92 Å². The van der Waals surface area contributed by atoms with Crippen molar-refractivity contribution >= 4 is 16.7 Å². The van der Waals surface area contributed by atoms with Gasteiger partial charge in [-0.2, -0.15) is 9.78 Å². The molecule has 4 rings (SSSR count). The van der Waals surface area contributed by atoms with E-state index >= 15 is 0 Å². The molecule has 0 aliphatic carbocycles. The van der Waals surface area contributed by atoms with E-state index in [0.717, 1.165) is 18.6 Å². The first-order valence-electron chi connectivity index (χ1n) is 10.7. The fraction of sp³-hybridized carbons (Fsp3) is 0.192. The van der Waals surface area contributed by atoms with Crippen LogP contribution in [0.3, 0.4) is 0 Å².